The zero-order chi connectivity index (χ0) is 13.5. The third-order valence-corrected chi connectivity index (χ3v) is 4.92. The van der Waals surface area contributed by atoms with Crippen LogP contribution in [0.4, 0.5) is 5.82 Å². The largest absolute Gasteiger partial charge is 0.382 e. The van der Waals surface area contributed by atoms with Gasteiger partial charge < -0.3 is 10.6 Å². The first-order valence-corrected chi connectivity index (χ1v) is 7.46. The number of rotatable bonds is 1. The second-order valence-electron chi connectivity index (χ2n) is 4.57. The van der Waals surface area contributed by atoms with Crippen molar-refractivity contribution in [2.45, 2.75) is 19.9 Å². The molecule has 1 aromatic rings. The maximum Gasteiger partial charge on any atom is 0.259 e. The van der Waals surface area contributed by atoms with Crippen molar-refractivity contribution in [1.29, 1.82) is 0 Å². The number of hydrogen-bond donors (Lipinski definition) is 2. The predicted molar refractivity (Wildman–Crippen MR) is 66.9 cm³/mol. The van der Waals surface area contributed by atoms with E-state index >= 15 is 0 Å². The number of nitrogen functional groups attached to an aromatic ring is 1. The van der Waals surface area contributed by atoms with Gasteiger partial charge in [0.05, 0.1) is 11.5 Å². The Balaban J connectivity index is 2.26. The van der Waals surface area contributed by atoms with Gasteiger partial charge in [-0.05, 0) is 13.8 Å². The molecule has 0 spiro atoms. The van der Waals surface area contributed by atoms with E-state index in [9.17, 15) is 13.2 Å². The number of aromatic amines is 1. The van der Waals surface area contributed by atoms with Crippen LogP contribution in [-0.4, -0.2) is 53.5 Å². The fourth-order valence-electron chi connectivity index (χ4n) is 2.16. The van der Waals surface area contributed by atoms with Crippen LogP contribution in [-0.2, 0) is 9.84 Å². The Morgan fingerprint density at radius 1 is 1.56 bits per heavy atom. The highest BCUT2D eigenvalue weighted by atomic mass is 32.2. The van der Waals surface area contributed by atoms with Gasteiger partial charge in [-0.15, -0.1) is 0 Å². The molecule has 100 valence electrons. The number of nitrogens with one attached hydrogen (secondary N) is 1. The van der Waals surface area contributed by atoms with Crippen molar-refractivity contribution in [2.75, 3.05) is 23.8 Å². The molecular formula is C10H16N4O3S. The normalized spacial score (nSPS) is 23.0. The molecule has 3 N–H and O–H groups in total. The van der Waals surface area contributed by atoms with Gasteiger partial charge in [0.25, 0.3) is 5.91 Å². The highest BCUT2D eigenvalue weighted by Crippen LogP contribution is 2.20. The van der Waals surface area contributed by atoms with Crippen LogP contribution in [0.3, 0.4) is 0 Å². The highest BCUT2D eigenvalue weighted by Gasteiger charge is 2.33. The number of nitrogens with zero attached hydrogens (tertiary/aromatic N) is 2. The Bertz CT molecular complexity index is 558. The molecule has 18 heavy (non-hydrogen) atoms. The minimum absolute atomic E-state index is 0.000115. The van der Waals surface area contributed by atoms with E-state index in [1.807, 2.05) is 0 Å². The molecule has 1 aliphatic heterocycles. The standard InChI is InChI=1S/C10H16N4O3S/c1-6-5-18(16,17)4-3-14(6)10(15)8-7(2)12-13-9(8)11/h6H,3-5H2,1-2H3,(H3,11,12,13). The summed E-state index contributed by atoms with van der Waals surface area (Å²) >= 11 is 0. The minimum atomic E-state index is -3.04. The molecule has 2 rings (SSSR count). The van der Waals surface area contributed by atoms with Crippen LogP contribution in [0.25, 0.3) is 0 Å². The maximum absolute atomic E-state index is 12.3. The number of nitrogens with two attached hydrogens (primary N) is 1. The van der Waals surface area contributed by atoms with Gasteiger partial charge in [-0.25, -0.2) is 8.42 Å². The molecule has 0 saturated carbocycles. The van der Waals surface area contributed by atoms with Crippen LogP contribution < -0.4 is 5.73 Å². The van der Waals surface area contributed by atoms with Crippen molar-refractivity contribution >= 4 is 21.6 Å². The van der Waals surface area contributed by atoms with Gasteiger partial charge in [-0.2, -0.15) is 5.10 Å². The second-order valence-corrected chi connectivity index (χ2v) is 6.80. The van der Waals surface area contributed by atoms with E-state index in [-0.39, 0.29) is 35.8 Å². The van der Waals surface area contributed by atoms with Crippen LogP contribution in [0.2, 0.25) is 0 Å². The van der Waals surface area contributed by atoms with Gasteiger partial charge in [0.1, 0.15) is 5.56 Å². The van der Waals surface area contributed by atoms with E-state index < -0.39 is 9.84 Å². The van der Waals surface area contributed by atoms with Crippen molar-refractivity contribution in [1.82, 2.24) is 15.1 Å². The van der Waals surface area contributed by atoms with Crippen LogP contribution in [0.5, 0.6) is 0 Å². The van der Waals surface area contributed by atoms with Gasteiger partial charge in [0.2, 0.25) is 0 Å². The third kappa shape index (κ3) is 2.20. The van der Waals surface area contributed by atoms with Crippen molar-refractivity contribution in [3.63, 3.8) is 0 Å². The summed E-state index contributed by atoms with van der Waals surface area (Å²) in [5, 5.41) is 6.42. The minimum Gasteiger partial charge on any atom is -0.382 e. The van der Waals surface area contributed by atoms with Crippen LogP contribution in [0.15, 0.2) is 0 Å². The molecule has 1 amide bonds. The number of hydrogen-bond acceptors (Lipinski definition) is 5. The first-order valence-electron chi connectivity index (χ1n) is 5.63. The molecular weight excluding hydrogens is 256 g/mol. The number of H-pyrrole nitrogens is 1. The molecule has 7 nitrogen and oxygen atoms in total. The number of carbonyl (C=O) groups is 1. The molecule has 2 heterocycles. The van der Waals surface area contributed by atoms with Crippen molar-refractivity contribution < 1.29 is 13.2 Å². The fraction of sp³-hybridized carbons (Fsp3) is 0.600. The maximum atomic E-state index is 12.3. The Hall–Kier alpha value is -1.57. The number of anilines is 1. The number of aryl methyl sites for hydroxylation is 1. The number of carbonyl (C=O) groups excluding carboxylic acids is 1. The van der Waals surface area contributed by atoms with Crippen LogP contribution >= 0.6 is 0 Å². The van der Waals surface area contributed by atoms with Gasteiger partial charge in [-0.1, -0.05) is 0 Å². The van der Waals surface area contributed by atoms with E-state index in [1.54, 1.807) is 13.8 Å². The molecule has 8 heteroatoms. The summed E-state index contributed by atoms with van der Waals surface area (Å²) in [6.45, 7) is 3.63. The van der Waals surface area contributed by atoms with E-state index in [1.165, 1.54) is 4.90 Å². The van der Waals surface area contributed by atoms with Gasteiger partial charge >= 0.3 is 0 Å². The molecule has 1 fully saturated rings. The summed E-state index contributed by atoms with van der Waals surface area (Å²) in [4.78, 5) is 13.9. The summed E-state index contributed by atoms with van der Waals surface area (Å²) in [6.07, 6.45) is 0. The Labute approximate surface area is 105 Å². The van der Waals surface area contributed by atoms with E-state index in [0.29, 0.717) is 11.3 Å². The Kier molecular flexibility index (Phi) is 3.05. The summed E-state index contributed by atoms with van der Waals surface area (Å²) in [6, 6.07) is -0.343. The molecule has 1 aliphatic rings. The van der Waals surface area contributed by atoms with Gasteiger partial charge in [-0.3, -0.25) is 9.89 Å². The topological polar surface area (TPSA) is 109 Å². The SMILES string of the molecule is Cc1[nH]nc(N)c1C(=O)N1CCS(=O)(=O)CC1C. The molecule has 1 aromatic heterocycles. The highest BCUT2D eigenvalue weighted by molar-refractivity contribution is 7.91. The van der Waals surface area contributed by atoms with E-state index in [4.69, 9.17) is 5.73 Å². The summed E-state index contributed by atoms with van der Waals surface area (Å²) < 4.78 is 22.9. The zero-order valence-electron chi connectivity index (χ0n) is 10.3. The second kappa shape index (κ2) is 4.27. The summed E-state index contributed by atoms with van der Waals surface area (Å²) in [5.74, 6) is -0.116. The average molecular weight is 272 g/mol. The lowest BCUT2D eigenvalue weighted by Crippen LogP contribution is -2.49. The number of amides is 1. The quantitative estimate of drug-likeness (QED) is 0.720. The van der Waals surface area contributed by atoms with Crippen molar-refractivity contribution in [2.24, 2.45) is 0 Å². The average Bonchev–Trinajstić information content (AvgIpc) is 2.56. The zero-order valence-corrected chi connectivity index (χ0v) is 11.1. The van der Waals surface area contributed by atoms with Crippen molar-refractivity contribution in [3.05, 3.63) is 11.3 Å². The fourth-order valence-corrected chi connectivity index (χ4v) is 3.72. The molecule has 0 radical (unpaired) electrons. The molecule has 0 aliphatic carbocycles. The predicted octanol–water partition coefficient (Wildman–Crippen LogP) is -0.441. The first kappa shape index (κ1) is 12.9. The molecule has 1 atom stereocenters. The molecule has 0 bridgehead atoms. The third-order valence-electron chi connectivity index (χ3n) is 3.12. The molecule has 0 aromatic carbocycles. The lowest BCUT2D eigenvalue weighted by atomic mass is 10.2. The number of sulfone groups is 1. The lowest BCUT2D eigenvalue weighted by molar-refractivity contribution is 0.0713. The molecule has 1 unspecified atom stereocenters. The lowest BCUT2D eigenvalue weighted by Gasteiger charge is -2.33. The molecule has 1 saturated heterocycles. The first-order chi connectivity index (χ1) is 8.32. The van der Waals surface area contributed by atoms with Crippen LogP contribution in [0, 0.1) is 6.92 Å². The Morgan fingerprint density at radius 3 is 2.72 bits per heavy atom. The monoisotopic (exact) mass is 272 g/mol. The van der Waals surface area contributed by atoms with Gasteiger partial charge in [0, 0.05) is 18.3 Å². The summed E-state index contributed by atoms with van der Waals surface area (Å²) in [7, 11) is -3.04. The van der Waals surface area contributed by atoms with Crippen LogP contribution in [0.1, 0.15) is 23.0 Å². The Morgan fingerprint density at radius 2 is 2.22 bits per heavy atom. The smallest absolute Gasteiger partial charge is 0.259 e. The number of aromatic nitrogens is 2. The van der Waals surface area contributed by atoms with E-state index in [0.717, 1.165) is 0 Å². The van der Waals surface area contributed by atoms with Gasteiger partial charge in [0.15, 0.2) is 15.7 Å². The summed E-state index contributed by atoms with van der Waals surface area (Å²) in [5.41, 5.74) is 6.57. The van der Waals surface area contributed by atoms with Crippen molar-refractivity contribution in [3.8, 4) is 0 Å². The van der Waals surface area contributed by atoms with E-state index in [2.05, 4.69) is 10.2 Å².